The maximum absolute atomic E-state index is 12.7. The number of sulfonamides is 1. The predicted molar refractivity (Wildman–Crippen MR) is 114 cm³/mol. The zero-order valence-corrected chi connectivity index (χ0v) is 18.4. The third-order valence-electron chi connectivity index (χ3n) is 5.21. The fourth-order valence-electron chi connectivity index (χ4n) is 3.61. The summed E-state index contributed by atoms with van der Waals surface area (Å²) in [6.07, 6.45) is 3.48. The number of rotatable bonds is 6. The monoisotopic (exact) mass is 442 g/mol. The molecule has 10 heteroatoms. The van der Waals surface area contributed by atoms with Crippen LogP contribution in [0.15, 0.2) is 34.2 Å². The van der Waals surface area contributed by atoms with Crippen LogP contribution >= 0.6 is 0 Å². The molecule has 3 rings (SSSR count). The second-order valence-electron chi connectivity index (χ2n) is 7.55. The molecule has 1 atom stereocenters. The summed E-state index contributed by atoms with van der Waals surface area (Å²) < 4.78 is 50.3. The van der Waals surface area contributed by atoms with Crippen molar-refractivity contribution in [3.63, 3.8) is 0 Å². The topological polar surface area (TPSA) is 108 Å². The molecule has 1 aromatic rings. The van der Waals surface area contributed by atoms with Crippen LogP contribution in [-0.4, -0.2) is 64.3 Å². The van der Waals surface area contributed by atoms with Crippen LogP contribution in [0.2, 0.25) is 0 Å². The molecule has 1 aromatic carbocycles. The van der Waals surface area contributed by atoms with Crippen molar-refractivity contribution in [1.29, 1.82) is 0 Å². The summed E-state index contributed by atoms with van der Waals surface area (Å²) in [5.41, 5.74) is 0.888. The lowest BCUT2D eigenvalue weighted by Crippen LogP contribution is -2.44. The van der Waals surface area contributed by atoms with Crippen molar-refractivity contribution in [2.24, 2.45) is 4.99 Å². The van der Waals surface area contributed by atoms with E-state index in [-0.39, 0.29) is 17.5 Å². The van der Waals surface area contributed by atoms with E-state index in [9.17, 15) is 16.8 Å². The number of benzene rings is 1. The second kappa shape index (κ2) is 9.44. The molecule has 0 aromatic heterocycles. The summed E-state index contributed by atoms with van der Waals surface area (Å²) in [6, 6.07) is 6.71. The highest BCUT2D eigenvalue weighted by Crippen LogP contribution is 2.21. The van der Waals surface area contributed by atoms with Gasteiger partial charge in [-0.15, -0.1) is 0 Å². The number of hydrogen-bond donors (Lipinski definition) is 2. The van der Waals surface area contributed by atoms with E-state index in [1.807, 2.05) is 6.92 Å². The van der Waals surface area contributed by atoms with Crippen molar-refractivity contribution in [2.45, 2.75) is 50.1 Å². The van der Waals surface area contributed by atoms with Gasteiger partial charge in [-0.25, -0.2) is 21.8 Å². The fraction of sp³-hybridized carbons (Fsp3) is 0.632. The van der Waals surface area contributed by atoms with Gasteiger partial charge in [0, 0.05) is 25.7 Å². The normalized spacial score (nSPS) is 23.1. The highest BCUT2D eigenvalue weighted by Gasteiger charge is 2.28. The van der Waals surface area contributed by atoms with Gasteiger partial charge in [-0.3, -0.25) is 0 Å². The molecule has 29 heavy (non-hydrogen) atoms. The van der Waals surface area contributed by atoms with Crippen LogP contribution in [0, 0.1) is 0 Å². The van der Waals surface area contributed by atoms with Crippen LogP contribution in [0.5, 0.6) is 0 Å². The van der Waals surface area contributed by atoms with Gasteiger partial charge in [0.05, 0.1) is 22.9 Å². The molecular formula is C19H30N4O4S2. The maximum Gasteiger partial charge on any atom is 0.243 e. The van der Waals surface area contributed by atoms with Gasteiger partial charge in [-0.2, -0.15) is 4.31 Å². The Hall–Kier alpha value is -1.65. The Morgan fingerprint density at radius 3 is 2.45 bits per heavy atom. The number of guanidine groups is 1. The summed E-state index contributed by atoms with van der Waals surface area (Å²) in [6.45, 7) is 4.16. The van der Waals surface area contributed by atoms with Crippen LogP contribution in [0.25, 0.3) is 0 Å². The molecule has 0 saturated carbocycles. The molecule has 2 N–H and O–H groups in total. The van der Waals surface area contributed by atoms with Crippen molar-refractivity contribution in [2.75, 3.05) is 31.1 Å². The van der Waals surface area contributed by atoms with Gasteiger partial charge in [-0.1, -0.05) is 18.6 Å². The molecule has 1 unspecified atom stereocenters. The second-order valence-corrected chi connectivity index (χ2v) is 11.7. The van der Waals surface area contributed by atoms with Gasteiger partial charge in [0.1, 0.15) is 0 Å². The van der Waals surface area contributed by atoms with E-state index < -0.39 is 19.9 Å². The number of aliphatic imine (C=N–C) groups is 1. The lowest BCUT2D eigenvalue weighted by molar-refractivity contribution is 0.346. The Bertz CT molecular complexity index is 921. The largest absolute Gasteiger partial charge is 0.357 e. The summed E-state index contributed by atoms with van der Waals surface area (Å²) in [5.74, 6) is 0.900. The smallest absolute Gasteiger partial charge is 0.243 e. The Morgan fingerprint density at radius 2 is 1.86 bits per heavy atom. The number of nitrogens with zero attached hydrogens (tertiary/aromatic N) is 2. The third kappa shape index (κ3) is 5.93. The summed E-state index contributed by atoms with van der Waals surface area (Å²) in [7, 11) is -6.39. The molecule has 2 saturated heterocycles. The van der Waals surface area contributed by atoms with E-state index in [1.54, 1.807) is 28.6 Å². The van der Waals surface area contributed by atoms with Crippen molar-refractivity contribution in [1.82, 2.24) is 14.9 Å². The lowest BCUT2D eigenvalue weighted by atomic mass is 10.2. The average Bonchev–Trinajstić information content (AvgIpc) is 3.05. The molecule has 2 aliphatic heterocycles. The van der Waals surface area contributed by atoms with Crippen molar-refractivity contribution < 1.29 is 16.8 Å². The lowest BCUT2D eigenvalue weighted by Gasteiger charge is -2.25. The van der Waals surface area contributed by atoms with Crippen LogP contribution in [0.3, 0.4) is 0 Å². The standard InChI is InChI=1S/C19H30N4O4S2/c1-2-20-19(22-17-10-13-28(24,25)15-17)21-14-16-6-8-18(9-7-16)29(26,27)23-11-4-3-5-12-23/h6-9,17H,2-5,10-15H2,1H3,(H2,20,21,22). The van der Waals surface area contributed by atoms with Gasteiger partial charge < -0.3 is 10.6 Å². The molecule has 0 amide bonds. The quantitative estimate of drug-likeness (QED) is 0.505. The molecule has 0 spiro atoms. The van der Waals surface area contributed by atoms with Crippen LogP contribution in [0.1, 0.15) is 38.2 Å². The summed E-state index contributed by atoms with van der Waals surface area (Å²) in [5, 5.41) is 6.31. The molecule has 2 aliphatic rings. The number of nitrogens with one attached hydrogen (secondary N) is 2. The number of sulfone groups is 1. The maximum atomic E-state index is 12.7. The first-order chi connectivity index (χ1) is 13.8. The predicted octanol–water partition coefficient (Wildman–Crippen LogP) is 1.10. The highest BCUT2D eigenvalue weighted by molar-refractivity contribution is 7.91. The molecule has 0 bridgehead atoms. The SMILES string of the molecule is CCNC(=NCc1ccc(S(=O)(=O)N2CCCCC2)cc1)NC1CCS(=O)(=O)C1. The Labute approximate surface area is 173 Å². The van der Waals surface area contributed by atoms with Gasteiger partial charge >= 0.3 is 0 Å². The minimum absolute atomic E-state index is 0.125. The minimum atomic E-state index is -3.43. The van der Waals surface area contributed by atoms with E-state index >= 15 is 0 Å². The summed E-state index contributed by atoms with van der Waals surface area (Å²) >= 11 is 0. The third-order valence-corrected chi connectivity index (χ3v) is 8.89. The molecule has 162 valence electrons. The van der Waals surface area contributed by atoms with Crippen LogP contribution < -0.4 is 10.6 Å². The average molecular weight is 443 g/mol. The molecule has 2 fully saturated rings. The first-order valence-corrected chi connectivity index (χ1v) is 13.4. The van der Waals surface area contributed by atoms with E-state index in [1.165, 1.54) is 0 Å². The van der Waals surface area contributed by atoms with E-state index in [0.29, 0.717) is 43.5 Å². The van der Waals surface area contributed by atoms with Gasteiger partial charge in [0.15, 0.2) is 15.8 Å². The van der Waals surface area contributed by atoms with Crippen molar-refractivity contribution in [3.05, 3.63) is 29.8 Å². The molecule has 8 nitrogen and oxygen atoms in total. The van der Waals surface area contributed by atoms with E-state index in [2.05, 4.69) is 15.6 Å². The van der Waals surface area contributed by atoms with Crippen LogP contribution in [0.4, 0.5) is 0 Å². The highest BCUT2D eigenvalue weighted by atomic mass is 32.2. The van der Waals surface area contributed by atoms with Gasteiger partial charge in [-0.05, 0) is 43.9 Å². The number of hydrogen-bond acceptors (Lipinski definition) is 5. The fourth-order valence-corrected chi connectivity index (χ4v) is 6.80. The Kier molecular flexibility index (Phi) is 7.18. The van der Waals surface area contributed by atoms with Gasteiger partial charge in [0.25, 0.3) is 0 Å². The molecule has 0 aliphatic carbocycles. The number of piperidine rings is 1. The Balaban J connectivity index is 1.64. The molecular weight excluding hydrogens is 412 g/mol. The van der Waals surface area contributed by atoms with Crippen LogP contribution in [-0.2, 0) is 26.4 Å². The Morgan fingerprint density at radius 1 is 1.17 bits per heavy atom. The first-order valence-electron chi connectivity index (χ1n) is 10.1. The van der Waals surface area contributed by atoms with Crippen molar-refractivity contribution in [3.8, 4) is 0 Å². The van der Waals surface area contributed by atoms with Crippen molar-refractivity contribution >= 4 is 25.8 Å². The zero-order valence-electron chi connectivity index (χ0n) is 16.8. The summed E-state index contributed by atoms with van der Waals surface area (Å²) in [4.78, 5) is 4.83. The first kappa shape index (κ1) is 22.0. The minimum Gasteiger partial charge on any atom is -0.357 e. The van der Waals surface area contributed by atoms with Gasteiger partial charge in [0.2, 0.25) is 10.0 Å². The zero-order chi connectivity index (χ0) is 20.9. The van der Waals surface area contributed by atoms with E-state index in [0.717, 1.165) is 24.8 Å². The molecule has 2 heterocycles. The van der Waals surface area contributed by atoms with E-state index in [4.69, 9.17) is 0 Å². The molecule has 0 radical (unpaired) electrons.